The second-order valence-electron chi connectivity index (χ2n) is 6.72. The van der Waals surface area contributed by atoms with E-state index in [1.165, 1.54) is 24.5 Å². The van der Waals surface area contributed by atoms with E-state index < -0.39 is 18.5 Å². The lowest BCUT2D eigenvalue weighted by Crippen LogP contribution is -2.22. The summed E-state index contributed by atoms with van der Waals surface area (Å²) in [5.74, 6) is -0.840. The molecule has 0 saturated heterocycles. The molecule has 2 N–H and O–H groups in total. The normalized spacial score (nSPS) is 13.0. The van der Waals surface area contributed by atoms with Crippen molar-refractivity contribution in [1.82, 2.24) is 0 Å². The van der Waals surface area contributed by atoms with Crippen molar-refractivity contribution in [3.05, 3.63) is 39.2 Å². The second kappa shape index (κ2) is 8.84. The van der Waals surface area contributed by atoms with Gasteiger partial charge in [0.1, 0.15) is 10.8 Å². The van der Waals surface area contributed by atoms with Crippen molar-refractivity contribution in [2.75, 3.05) is 24.4 Å². The molecule has 0 bridgehead atoms. The van der Waals surface area contributed by atoms with Gasteiger partial charge in [-0.3, -0.25) is 9.59 Å². The van der Waals surface area contributed by atoms with Gasteiger partial charge in [0.2, 0.25) is 5.91 Å². The van der Waals surface area contributed by atoms with Crippen LogP contribution in [0.1, 0.15) is 33.6 Å². The molecule has 154 valence electrons. The number of thiophene rings is 1. The fraction of sp³-hybridized carbons (Fsp3) is 0.350. The molecular weight excluding hydrogens is 416 g/mol. The number of hydrogen-bond acceptors (Lipinski definition) is 6. The Labute approximate surface area is 177 Å². The van der Waals surface area contributed by atoms with Crippen LogP contribution in [0, 0.1) is 19.8 Å². The molecule has 1 heterocycles. The molecule has 1 aromatic carbocycles. The van der Waals surface area contributed by atoms with Crippen molar-refractivity contribution in [3.8, 4) is 5.75 Å². The molecule has 1 aliphatic rings. The van der Waals surface area contributed by atoms with Crippen LogP contribution in [-0.4, -0.2) is 31.5 Å². The Kier molecular flexibility index (Phi) is 6.44. The van der Waals surface area contributed by atoms with Crippen LogP contribution in [-0.2, 0) is 14.3 Å². The topological polar surface area (TPSA) is 93.7 Å². The van der Waals surface area contributed by atoms with Crippen molar-refractivity contribution in [2.24, 2.45) is 5.92 Å². The van der Waals surface area contributed by atoms with E-state index in [0.717, 1.165) is 23.3 Å². The van der Waals surface area contributed by atoms with Crippen LogP contribution in [0.5, 0.6) is 5.75 Å². The molecule has 1 aliphatic carbocycles. The lowest BCUT2D eigenvalue weighted by molar-refractivity contribution is -0.119. The molecule has 2 amide bonds. The first-order chi connectivity index (χ1) is 13.8. The van der Waals surface area contributed by atoms with Gasteiger partial charge in [-0.2, -0.15) is 0 Å². The monoisotopic (exact) mass is 436 g/mol. The van der Waals surface area contributed by atoms with Gasteiger partial charge in [-0.25, -0.2) is 4.79 Å². The largest absolute Gasteiger partial charge is 0.495 e. The molecule has 7 nitrogen and oxygen atoms in total. The van der Waals surface area contributed by atoms with Gasteiger partial charge in [-0.05, 0) is 50.5 Å². The fourth-order valence-corrected chi connectivity index (χ4v) is 3.91. The van der Waals surface area contributed by atoms with E-state index in [1.807, 2.05) is 6.92 Å². The van der Waals surface area contributed by atoms with Crippen molar-refractivity contribution in [3.63, 3.8) is 0 Å². The number of aryl methyl sites for hydroxylation is 1. The molecule has 9 heteroatoms. The maximum atomic E-state index is 12.6. The summed E-state index contributed by atoms with van der Waals surface area (Å²) in [6, 6.07) is 4.80. The zero-order valence-electron chi connectivity index (χ0n) is 16.3. The lowest BCUT2D eigenvalue weighted by atomic mass is 10.1. The minimum atomic E-state index is -0.661. The van der Waals surface area contributed by atoms with Gasteiger partial charge in [0.25, 0.3) is 5.91 Å². The molecule has 0 radical (unpaired) electrons. The highest BCUT2D eigenvalue weighted by Gasteiger charge is 2.31. The summed E-state index contributed by atoms with van der Waals surface area (Å²) in [4.78, 5) is 37.8. The zero-order valence-corrected chi connectivity index (χ0v) is 17.8. The van der Waals surface area contributed by atoms with Gasteiger partial charge in [0.15, 0.2) is 6.61 Å². The Morgan fingerprint density at radius 2 is 1.93 bits per heavy atom. The molecule has 1 aromatic heterocycles. The van der Waals surface area contributed by atoms with Crippen LogP contribution in [0.3, 0.4) is 0 Å². The molecular formula is C20H21ClN2O5S. The van der Waals surface area contributed by atoms with Crippen molar-refractivity contribution >= 4 is 51.4 Å². The summed E-state index contributed by atoms with van der Waals surface area (Å²) in [5.41, 5.74) is 1.39. The maximum absolute atomic E-state index is 12.6. The number of carbonyl (C=O) groups excluding carboxylic acids is 3. The summed E-state index contributed by atoms with van der Waals surface area (Å²) < 4.78 is 10.4. The highest BCUT2D eigenvalue weighted by atomic mass is 35.5. The average molecular weight is 437 g/mol. The number of ether oxygens (including phenoxy) is 2. The summed E-state index contributed by atoms with van der Waals surface area (Å²) in [5, 5.41) is 6.30. The lowest BCUT2D eigenvalue weighted by Gasteiger charge is -2.11. The Morgan fingerprint density at radius 3 is 2.59 bits per heavy atom. The number of amides is 2. The number of hydrogen-bond donors (Lipinski definition) is 2. The standard InChI is InChI=1S/C20H21ClN2O5S/c1-10-11(2)29-19(23-18(25)12-4-5-12)17(10)20(26)28-9-16(24)22-14-8-13(21)6-7-15(14)27-3/h6-8,12H,4-5,9H2,1-3H3,(H,22,24)(H,23,25). The van der Waals surface area contributed by atoms with Gasteiger partial charge >= 0.3 is 5.97 Å². The van der Waals surface area contributed by atoms with Gasteiger partial charge < -0.3 is 20.1 Å². The predicted octanol–water partition coefficient (Wildman–Crippen LogP) is 4.17. The van der Waals surface area contributed by atoms with Gasteiger partial charge in [-0.1, -0.05) is 11.6 Å². The van der Waals surface area contributed by atoms with E-state index in [4.69, 9.17) is 21.1 Å². The first-order valence-corrected chi connectivity index (χ1v) is 10.2. The van der Waals surface area contributed by atoms with Crippen LogP contribution in [0.4, 0.5) is 10.7 Å². The first kappa shape index (κ1) is 21.1. The minimum absolute atomic E-state index is 0.0139. The third-order valence-electron chi connectivity index (χ3n) is 4.54. The number of methoxy groups -OCH3 is 1. The van der Waals surface area contributed by atoms with E-state index in [-0.39, 0.29) is 17.4 Å². The molecule has 2 aromatic rings. The number of carbonyl (C=O) groups is 3. The molecule has 3 rings (SSSR count). The van der Waals surface area contributed by atoms with Crippen LogP contribution in [0.25, 0.3) is 0 Å². The second-order valence-corrected chi connectivity index (χ2v) is 8.38. The number of benzene rings is 1. The van der Waals surface area contributed by atoms with Crippen LogP contribution in [0.15, 0.2) is 18.2 Å². The fourth-order valence-electron chi connectivity index (χ4n) is 2.69. The Bertz CT molecular complexity index is 968. The zero-order chi connectivity index (χ0) is 21.1. The molecule has 0 spiro atoms. The number of esters is 1. The van der Waals surface area contributed by atoms with E-state index in [1.54, 1.807) is 19.1 Å². The quantitative estimate of drug-likeness (QED) is 0.635. The van der Waals surface area contributed by atoms with E-state index >= 15 is 0 Å². The average Bonchev–Trinajstić information content (AvgIpc) is 3.48. The van der Waals surface area contributed by atoms with Crippen LogP contribution >= 0.6 is 22.9 Å². The number of nitrogens with one attached hydrogen (secondary N) is 2. The number of anilines is 2. The van der Waals surface area contributed by atoms with Crippen molar-refractivity contribution < 1.29 is 23.9 Å². The highest BCUT2D eigenvalue weighted by molar-refractivity contribution is 7.16. The van der Waals surface area contributed by atoms with E-state index in [9.17, 15) is 14.4 Å². The molecule has 0 atom stereocenters. The molecule has 1 saturated carbocycles. The van der Waals surface area contributed by atoms with Crippen LogP contribution in [0.2, 0.25) is 5.02 Å². The summed E-state index contributed by atoms with van der Waals surface area (Å²) >= 11 is 7.27. The molecule has 0 unspecified atom stereocenters. The van der Waals surface area contributed by atoms with Crippen molar-refractivity contribution in [1.29, 1.82) is 0 Å². The Morgan fingerprint density at radius 1 is 1.21 bits per heavy atom. The van der Waals surface area contributed by atoms with Crippen molar-refractivity contribution in [2.45, 2.75) is 26.7 Å². The Balaban J connectivity index is 1.65. The number of halogens is 1. The molecule has 1 fully saturated rings. The third-order valence-corrected chi connectivity index (χ3v) is 5.90. The van der Waals surface area contributed by atoms with E-state index in [2.05, 4.69) is 10.6 Å². The van der Waals surface area contributed by atoms with Crippen LogP contribution < -0.4 is 15.4 Å². The Hall–Kier alpha value is -2.58. The highest BCUT2D eigenvalue weighted by Crippen LogP contribution is 2.36. The molecule has 29 heavy (non-hydrogen) atoms. The van der Waals surface area contributed by atoms with Gasteiger partial charge in [0.05, 0.1) is 18.4 Å². The maximum Gasteiger partial charge on any atom is 0.341 e. The summed E-state index contributed by atoms with van der Waals surface area (Å²) in [6.07, 6.45) is 1.73. The third kappa shape index (κ3) is 5.07. The minimum Gasteiger partial charge on any atom is -0.495 e. The van der Waals surface area contributed by atoms with Gasteiger partial charge in [-0.15, -0.1) is 11.3 Å². The molecule has 0 aliphatic heterocycles. The first-order valence-electron chi connectivity index (χ1n) is 9.01. The SMILES string of the molecule is COc1ccc(Cl)cc1NC(=O)COC(=O)c1c(NC(=O)C2CC2)sc(C)c1C. The smallest absolute Gasteiger partial charge is 0.341 e. The predicted molar refractivity (Wildman–Crippen MR) is 112 cm³/mol. The van der Waals surface area contributed by atoms with E-state index in [0.29, 0.717) is 21.5 Å². The summed E-state index contributed by atoms with van der Waals surface area (Å²) in [6.45, 7) is 3.16. The summed E-state index contributed by atoms with van der Waals surface area (Å²) in [7, 11) is 1.47. The van der Waals surface area contributed by atoms with Gasteiger partial charge in [0, 0.05) is 15.8 Å². The number of rotatable bonds is 7.